The maximum Gasteiger partial charge on any atom is 0.258 e. The zero-order valence-corrected chi connectivity index (χ0v) is 13.1. The Kier molecular flexibility index (Phi) is 4.25. The van der Waals surface area contributed by atoms with Crippen molar-refractivity contribution in [2.45, 2.75) is 26.4 Å². The lowest BCUT2D eigenvalue weighted by Gasteiger charge is -2.30. The van der Waals surface area contributed by atoms with Gasteiger partial charge in [-0.1, -0.05) is 29.8 Å². The van der Waals surface area contributed by atoms with E-state index in [0.717, 1.165) is 36.2 Å². The third-order valence-electron chi connectivity index (χ3n) is 4.11. The molecule has 1 amide bonds. The molecule has 3 heteroatoms. The zero-order chi connectivity index (χ0) is 15.5. The normalized spacial score (nSPS) is 13.8. The van der Waals surface area contributed by atoms with Gasteiger partial charge in [-0.25, -0.2) is 0 Å². The average molecular weight is 295 g/mol. The van der Waals surface area contributed by atoms with Gasteiger partial charge in [0.05, 0.1) is 6.61 Å². The Bertz CT molecular complexity index is 676. The summed E-state index contributed by atoms with van der Waals surface area (Å²) < 4.78 is 5.11. The summed E-state index contributed by atoms with van der Waals surface area (Å²) in [5.74, 6) is 0.0776. The molecule has 0 aromatic heterocycles. The average Bonchev–Trinajstić information content (AvgIpc) is 2.54. The van der Waals surface area contributed by atoms with E-state index in [1.807, 2.05) is 29.2 Å². The number of nitrogens with zero attached hydrogens (tertiary/aromatic N) is 1. The third-order valence-corrected chi connectivity index (χ3v) is 4.11. The van der Waals surface area contributed by atoms with Crippen molar-refractivity contribution in [2.24, 2.45) is 0 Å². The minimum absolute atomic E-state index is 0.0776. The van der Waals surface area contributed by atoms with Gasteiger partial charge in [0.25, 0.3) is 5.91 Å². The van der Waals surface area contributed by atoms with Crippen LogP contribution >= 0.6 is 0 Å². The fraction of sp³-hybridized carbons (Fsp3) is 0.316. The minimum atomic E-state index is 0.0776. The topological polar surface area (TPSA) is 29.5 Å². The Labute approximate surface area is 131 Å². The van der Waals surface area contributed by atoms with Gasteiger partial charge in [-0.15, -0.1) is 0 Å². The van der Waals surface area contributed by atoms with Gasteiger partial charge in [-0.2, -0.15) is 0 Å². The lowest BCUT2D eigenvalue weighted by Crippen LogP contribution is -2.35. The molecule has 0 saturated carbocycles. The van der Waals surface area contributed by atoms with Crippen molar-refractivity contribution in [2.75, 3.05) is 18.6 Å². The second-order valence-electron chi connectivity index (χ2n) is 5.82. The molecule has 3 rings (SSSR count). The molecule has 0 bridgehead atoms. The monoisotopic (exact) mass is 295 g/mol. The highest BCUT2D eigenvalue weighted by atomic mass is 16.5. The number of hydrogen-bond acceptors (Lipinski definition) is 2. The van der Waals surface area contributed by atoms with Crippen molar-refractivity contribution < 1.29 is 9.53 Å². The molecule has 0 radical (unpaired) electrons. The number of carbonyl (C=O) groups excluding carboxylic acids is 1. The Morgan fingerprint density at radius 1 is 1.18 bits per heavy atom. The summed E-state index contributed by atoms with van der Waals surface area (Å²) in [6.45, 7) is 3.45. The van der Waals surface area contributed by atoms with E-state index < -0.39 is 0 Å². The highest BCUT2D eigenvalue weighted by molar-refractivity contribution is 6.06. The Hall–Kier alpha value is -2.13. The van der Waals surface area contributed by atoms with Crippen LogP contribution in [0.25, 0.3) is 0 Å². The summed E-state index contributed by atoms with van der Waals surface area (Å²) in [5.41, 5.74) is 5.39. The fourth-order valence-corrected chi connectivity index (χ4v) is 3.00. The Morgan fingerprint density at radius 2 is 1.95 bits per heavy atom. The Balaban J connectivity index is 1.87. The van der Waals surface area contributed by atoms with Crippen molar-refractivity contribution >= 4 is 11.6 Å². The summed E-state index contributed by atoms with van der Waals surface area (Å²) in [7, 11) is 1.67. The highest BCUT2D eigenvalue weighted by Gasteiger charge is 2.23. The largest absolute Gasteiger partial charge is 0.380 e. The van der Waals surface area contributed by atoms with Crippen LogP contribution in [0.2, 0.25) is 0 Å². The molecule has 1 aliphatic heterocycles. The molecule has 0 N–H and O–H groups in total. The van der Waals surface area contributed by atoms with E-state index >= 15 is 0 Å². The predicted octanol–water partition coefficient (Wildman–Crippen LogP) is 3.73. The first-order valence-electron chi connectivity index (χ1n) is 7.68. The van der Waals surface area contributed by atoms with Crippen LogP contribution < -0.4 is 4.90 Å². The summed E-state index contributed by atoms with van der Waals surface area (Å²) in [4.78, 5) is 14.7. The molecular weight excluding hydrogens is 274 g/mol. The van der Waals surface area contributed by atoms with Crippen LogP contribution in [-0.4, -0.2) is 19.6 Å². The van der Waals surface area contributed by atoms with Gasteiger partial charge < -0.3 is 9.64 Å². The molecule has 22 heavy (non-hydrogen) atoms. The van der Waals surface area contributed by atoms with Crippen molar-refractivity contribution in [3.8, 4) is 0 Å². The Morgan fingerprint density at radius 3 is 2.68 bits per heavy atom. The molecule has 0 unspecified atom stereocenters. The fourth-order valence-electron chi connectivity index (χ4n) is 3.00. The van der Waals surface area contributed by atoms with Gasteiger partial charge in [0.1, 0.15) is 0 Å². The van der Waals surface area contributed by atoms with Gasteiger partial charge in [0, 0.05) is 24.9 Å². The van der Waals surface area contributed by atoms with Gasteiger partial charge in [-0.3, -0.25) is 4.79 Å². The van der Waals surface area contributed by atoms with Crippen molar-refractivity contribution in [1.82, 2.24) is 0 Å². The number of benzene rings is 2. The predicted molar refractivity (Wildman–Crippen MR) is 88.3 cm³/mol. The number of rotatable bonds is 3. The van der Waals surface area contributed by atoms with Crippen LogP contribution in [0.3, 0.4) is 0 Å². The van der Waals surface area contributed by atoms with Crippen molar-refractivity contribution in [3.63, 3.8) is 0 Å². The highest BCUT2D eigenvalue weighted by Crippen LogP contribution is 2.29. The number of aryl methyl sites for hydroxylation is 2. The van der Waals surface area contributed by atoms with E-state index in [1.165, 1.54) is 11.1 Å². The summed E-state index contributed by atoms with van der Waals surface area (Å²) in [5, 5.41) is 0. The molecule has 0 atom stereocenters. The molecule has 114 valence electrons. The number of hydrogen-bond donors (Lipinski definition) is 0. The smallest absolute Gasteiger partial charge is 0.258 e. The molecule has 2 aromatic carbocycles. The minimum Gasteiger partial charge on any atom is -0.380 e. The molecule has 1 aliphatic rings. The molecular formula is C19H21NO2. The number of methoxy groups -OCH3 is 1. The van der Waals surface area contributed by atoms with E-state index in [4.69, 9.17) is 4.74 Å². The van der Waals surface area contributed by atoms with Crippen LogP contribution in [0.1, 0.15) is 33.5 Å². The first kappa shape index (κ1) is 14.8. The lowest BCUT2D eigenvalue weighted by atomic mass is 9.98. The maximum absolute atomic E-state index is 12.8. The van der Waals surface area contributed by atoms with Crippen LogP contribution in [0.4, 0.5) is 5.69 Å². The molecule has 0 aliphatic carbocycles. The van der Waals surface area contributed by atoms with Crippen LogP contribution in [-0.2, 0) is 17.8 Å². The van der Waals surface area contributed by atoms with Crippen molar-refractivity contribution in [3.05, 3.63) is 64.7 Å². The van der Waals surface area contributed by atoms with Gasteiger partial charge in [0.15, 0.2) is 0 Å². The summed E-state index contributed by atoms with van der Waals surface area (Å²) in [6.07, 6.45) is 2.07. The SMILES string of the molecule is COCc1ccc(C(=O)N2CCCc3cc(C)ccc32)cc1. The van der Waals surface area contributed by atoms with E-state index in [2.05, 4.69) is 25.1 Å². The van der Waals surface area contributed by atoms with Gasteiger partial charge in [0.2, 0.25) is 0 Å². The van der Waals surface area contributed by atoms with Gasteiger partial charge in [-0.05, 0) is 49.1 Å². The van der Waals surface area contributed by atoms with Gasteiger partial charge >= 0.3 is 0 Å². The van der Waals surface area contributed by atoms with E-state index in [0.29, 0.717) is 6.61 Å². The van der Waals surface area contributed by atoms with E-state index in [-0.39, 0.29) is 5.91 Å². The van der Waals surface area contributed by atoms with E-state index in [9.17, 15) is 4.79 Å². The summed E-state index contributed by atoms with van der Waals surface area (Å²) >= 11 is 0. The number of amides is 1. The second-order valence-corrected chi connectivity index (χ2v) is 5.82. The maximum atomic E-state index is 12.8. The number of fused-ring (bicyclic) bond motifs is 1. The second kappa shape index (κ2) is 6.32. The number of anilines is 1. The molecule has 0 saturated heterocycles. The van der Waals surface area contributed by atoms with Crippen molar-refractivity contribution in [1.29, 1.82) is 0 Å². The van der Waals surface area contributed by atoms with Crippen LogP contribution in [0.15, 0.2) is 42.5 Å². The first-order chi connectivity index (χ1) is 10.7. The van der Waals surface area contributed by atoms with E-state index in [1.54, 1.807) is 7.11 Å². The standard InChI is InChI=1S/C19H21NO2/c1-14-5-10-18-17(12-14)4-3-11-20(18)19(21)16-8-6-15(7-9-16)13-22-2/h5-10,12H,3-4,11,13H2,1-2H3. The molecule has 0 spiro atoms. The zero-order valence-electron chi connectivity index (χ0n) is 13.1. The molecule has 3 nitrogen and oxygen atoms in total. The summed E-state index contributed by atoms with van der Waals surface area (Å²) in [6, 6.07) is 14.0. The van der Waals surface area contributed by atoms with Crippen LogP contribution in [0.5, 0.6) is 0 Å². The number of carbonyl (C=O) groups is 1. The molecule has 0 fully saturated rings. The third kappa shape index (κ3) is 2.90. The molecule has 2 aromatic rings. The first-order valence-corrected chi connectivity index (χ1v) is 7.68. The van der Waals surface area contributed by atoms with Crippen LogP contribution in [0, 0.1) is 6.92 Å². The molecule has 1 heterocycles. The quantitative estimate of drug-likeness (QED) is 0.863. The number of ether oxygens (including phenoxy) is 1. The lowest BCUT2D eigenvalue weighted by molar-refractivity contribution is 0.0985.